The zero-order valence-corrected chi connectivity index (χ0v) is 17.5. The fraction of sp³-hybridized carbons (Fsp3) is 0.348. The predicted octanol–water partition coefficient (Wildman–Crippen LogP) is 1.69. The van der Waals surface area contributed by atoms with Gasteiger partial charge >= 0.3 is 6.03 Å². The van der Waals surface area contributed by atoms with Crippen LogP contribution in [0.3, 0.4) is 0 Å². The molecule has 2 fully saturated rings. The second kappa shape index (κ2) is 8.16. The maximum Gasteiger partial charge on any atom is 0.325 e. The van der Waals surface area contributed by atoms with E-state index in [0.29, 0.717) is 43.2 Å². The number of imide groups is 1. The fourth-order valence-electron chi connectivity index (χ4n) is 4.51. The third kappa shape index (κ3) is 3.44. The number of benzene rings is 2. The number of morpholine rings is 1. The van der Waals surface area contributed by atoms with Crippen LogP contribution in [0.4, 0.5) is 16.2 Å². The van der Waals surface area contributed by atoms with Gasteiger partial charge in [-0.05, 0) is 18.2 Å². The monoisotopic (exact) mass is 436 g/mol. The summed E-state index contributed by atoms with van der Waals surface area (Å²) < 4.78 is 11.1. The highest BCUT2D eigenvalue weighted by Crippen LogP contribution is 2.41. The van der Waals surface area contributed by atoms with Crippen LogP contribution in [0.5, 0.6) is 5.75 Å². The van der Waals surface area contributed by atoms with Crippen molar-refractivity contribution in [3.63, 3.8) is 0 Å². The van der Waals surface area contributed by atoms with Gasteiger partial charge in [-0.25, -0.2) is 4.79 Å². The summed E-state index contributed by atoms with van der Waals surface area (Å²) >= 11 is 0. The van der Waals surface area contributed by atoms with Crippen LogP contribution in [-0.2, 0) is 19.9 Å². The number of ether oxygens (including phenoxy) is 2. The van der Waals surface area contributed by atoms with E-state index in [0.717, 1.165) is 23.7 Å². The highest BCUT2D eigenvalue weighted by molar-refractivity contribution is 6.11. The van der Waals surface area contributed by atoms with Gasteiger partial charge in [0.2, 0.25) is 5.91 Å². The van der Waals surface area contributed by atoms with E-state index < -0.39 is 23.4 Å². The topological polar surface area (TPSA) is 100 Å². The number of amides is 4. The van der Waals surface area contributed by atoms with Crippen LogP contribution in [0.1, 0.15) is 12.0 Å². The van der Waals surface area contributed by atoms with Crippen molar-refractivity contribution in [1.29, 1.82) is 0 Å². The smallest absolute Gasteiger partial charge is 0.325 e. The Labute approximate surface area is 185 Å². The molecule has 2 aromatic carbocycles. The Morgan fingerprint density at radius 1 is 1.03 bits per heavy atom. The molecule has 5 rings (SSSR count). The van der Waals surface area contributed by atoms with Crippen LogP contribution in [0.25, 0.3) is 0 Å². The SMILES string of the molecule is O=C(CN1C(=O)NC2(CCOc3ccccc32)C1=O)Nc1ccccc1N1CCOCC1. The molecule has 3 heterocycles. The van der Waals surface area contributed by atoms with Crippen LogP contribution in [0.2, 0.25) is 0 Å². The van der Waals surface area contributed by atoms with Gasteiger partial charge in [0.05, 0.1) is 31.2 Å². The molecule has 32 heavy (non-hydrogen) atoms. The molecule has 166 valence electrons. The summed E-state index contributed by atoms with van der Waals surface area (Å²) in [5.41, 5.74) is 0.941. The van der Waals surface area contributed by atoms with E-state index in [4.69, 9.17) is 9.47 Å². The lowest BCUT2D eigenvalue weighted by Crippen LogP contribution is -2.48. The van der Waals surface area contributed by atoms with Crippen molar-refractivity contribution in [3.05, 3.63) is 54.1 Å². The standard InChI is InChI=1S/C23H24N4O5/c28-20(24-17-6-2-3-7-18(17)26-10-13-31-14-11-26)15-27-21(29)23(25-22(27)30)9-12-32-19-8-4-1-5-16(19)23/h1-8H,9-15H2,(H,24,28)(H,25,30). The first kappa shape index (κ1) is 20.3. The number of carbonyl (C=O) groups excluding carboxylic acids is 3. The molecule has 3 aliphatic rings. The van der Waals surface area contributed by atoms with E-state index in [-0.39, 0.29) is 6.54 Å². The van der Waals surface area contributed by atoms with E-state index in [1.807, 2.05) is 30.3 Å². The molecule has 1 spiro atoms. The van der Waals surface area contributed by atoms with Crippen LogP contribution in [-0.4, -0.2) is 62.2 Å². The van der Waals surface area contributed by atoms with Gasteiger partial charge in [-0.2, -0.15) is 0 Å². The van der Waals surface area contributed by atoms with Crippen LogP contribution in [0.15, 0.2) is 48.5 Å². The van der Waals surface area contributed by atoms with E-state index >= 15 is 0 Å². The average Bonchev–Trinajstić information content (AvgIpc) is 3.05. The minimum Gasteiger partial charge on any atom is -0.493 e. The summed E-state index contributed by atoms with van der Waals surface area (Å²) in [6.07, 6.45) is 0.312. The molecule has 1 unspecified atom stereocenters. The van der Waals surface area contributed by atoms with Gasteiger partial charge in [0.15, 0.2) is 5.54 Å². The molecule has 2 saturated heterocycles. The summed E-state index contributed by atoms with van der Waals surface area (Å²) in [6.45, 7) is 2.63. The first-order valence-electron chi connectivity index (χ1n) is 10.7. The van der Waals surface area contributed by atoms with Gasteiger partial charge in [0, 0.05) is 25.1 Å². The van der Waals surface area contributed by atoms with Gasteiger partial charge < -0.3 is 25.0 Å². The second-order valence-corrected chi connectivity index (χ2v) is 7.99. The van der Waals surface area contributed by atoms with Gasteiger partial charge in [0.25, 0.3) is 5.91 Å². The number of anilines is 2. The molecule has 2 N–H and O–H groups in total. The van der Waals surface area contributed by atoms with Crippen molar-refractivity contribution in [3.8, 4) is 5.75 Å². The number of para-hydroxylation sites is 3. The summed E-state index contributed by atoms with van der Waals surface area (Å²) in [4.78, 5) is 42.0. The summed E-state index contributed by atoms with van der Waals surface area (Å²) in [6, 6.07) is 14.1. The van der Waals surface area contributed by atoms with Gasteiger partial charge in [-0.1, -0.05) is 30.3 Å². The van der Waals surface area contributed by atoms with Gasteiger partial charge in [-0.3, -0.25) is 14.5 Å². The molecule has 9 heteroatoms. The predicted molar refractivity (Wildman–Crippen MR) is 117 cm³/mol. The Morgan fingerprint density at radius 2 is 1.78 bits per heavy atom. The molecule has 4 amide bonds. The lowest BCUT2D eigenvalue weighted by molar-refractivity contribution is -0.135. The molecule has 0 aromatic heterocycles. The molecule has 1 atom stereocenters. The van der Waals surface area contributed by atoms with E-state index in [1.165, 1.54) is 0 Å². The maximum atomic E-state index is 13.3. The largest absolute Gasteiger partial charge is 0.493 e. The average molecular weight is 436 g/mol. The number of nitrogens with zero attached hydrogens (tertiary/aromatic N) is 2. The number of carbonyl (C=O) groups is 3. The lowest BCUT2D eigenvalue weighted by Gasteiger charge is -2.33. The molecule has 0 bridgehead atoms. The number of hydrogen-bond donors (Lipinski definition) is 2. The van der Waals surface area contributed by atoms with Gasteiger partial charge in [-0.15, -0.1) is 0 Å². The van der Waals surface area contributed by atoms with Crippen molar-refractivity contribution in [2.75, 3.05) is 49.7 Å². The Kier molecular flexibility index (Phi) is 5.18. The summed E-state index contributed by atoms with van der Waals surface area (Å²) in [5, 5.41) is 5.68. The number of rotatable bonds is 4. The Morgan fingerprint density at radius 3 is 2.62 bits per heavy atom. The minimum absolute atomic E-state index is 0.302. The zero-order valence-electron chi connectivity index (χ0n) is 17.5. The first-order valence-corrected chi connectivity index (χ1v) is 10.7. The highest BCUT2D eigenvalue weighted by Gasteiger charge is 2.55. The van der Waals surface area contributed by atoms with E-state index in [9.17, 15) is 14.4 Å². The fourth-order valence-corrected chi connectivity index (χ4v) is 4.51. The third-order valence-corrected chi connectivity index (χ3v) is 6.09. The van der Waals surface area contributed by atoms with Gasteiger partial charge in [0.1, 0.15) is 12.3 Å². The van der Waals surface area contributed by atoms with Crippen LogP contribution < -0.4 is 20.3 Å². The summed E-state index contributed by atoms with van der Waals surface area (Å²) in [7, 11) is 0. The quantitative estimate of drug-likeness (QED) is 0.708. The molecule has 0 saturated carbocycles. The van der Waals surface area contributed by atoms with E-state index in [1.54, 1.807) is 18.2 Å². The van der Waals surface area contributed by atoms with Crippen molar-refractivity contribution < 1.29 is 23.9 Å². The summed E-state index contributed by atoms with van der Waals surface area (Å²) in [5.74, 6) is -0.306. The maximum absolute atomic E-state index is 13.3. The van der Waals surface area contributed by atoms with Crippen molar-refractivity contribution in [1.82, 2.24) is 10.2 Å². The van der Waals surface area contributed by atoms with Crippen molar-refractivity contribution in [2.24, 2.45) is 0 Å². The molecular weight excluding hydrogens is 412 g/mol. The number of urea groups is 1. The Hall–Kier alpha value is -3.59. The zero-order chi connectivity index (χ0) is 22.1. The van der Waals surface area contributed by atoms with Crippen molar-refractivity contribution >= 4 is 29.2 Å². The highest BCUT2D eigenvalue weighted by atomic mass is 16.5. The minimum atomic E-state index is -1.20. The Bertz CT molecular complexity index is 1070. The molecule has 0 radical (unpaired) electrons. The molecule has 3 aliphatic heterocycles. The van der Waals surface area contributed by atoms with Crippen LogP contribution in [0, 0.1) is 0 Å². The van der Waals surface area contributed by atoms with Crippen molar-refractivity contribution in [2.45, 2.75) is 12.0 Å². The number of hydrogen-bond acceptors (Lipinski definition) is 6. The van der Waals surface area contributed by atoms with E-state index in [2.05, 4.69) is 15.5 Å². The molecule has 2 aromatic rings. The normalized spacial score (nSPS) is 22.4. The number of fused-ring (bicyclic) bond motifs is 2. The number of nitrogens with one attached hydrogen (secondary N) is 2. The lowest BCUT2D eigenvalue weighted by atomic mass is 9.84. The van der Waals surface area contributed by atoms with Crippen LogP contribution >= 0.6 is 0 Å². The first-order chi connectivity index (χ1) is 15.6. The molecular formula is C23H24N4O5. The molecule has 9 nitrogen and oxygen atoms in total. The Balaban J connectivity index is 1.33. The second-order valence-electron chi connectivity index (χ2n) is 7.99. The third-order valence-electron chi connectivity index (χ3n) is 6.09. The molecule has 0 aliphatic carbocycles.